The van der Waals surface area contributed by atoms with Crippen LogP contribution in [0.15, 0.2) is 34.6 Å². The van der Waals surface area contributed by atoms with Gasteiger partial charge in [0.25, 0.3) is 0 Å². The molecule has 1 aromatic heterocycles. The van der Waals surface area contributed by atoms with Gasteiger partial charge in [0.15, 0.2) is 5.72 Å². The molecule has 1 aromatic carbocycles. The fourth-order valence-electron chi connectivity index (χ4n) is 1.88. The van der Waals surface area contributed by atoms with E-state index < -0.39 is 5.72 Å². The maximum Gasteiger partial charge on any atom is 0.180 e. The molecule has 2 heterocycles. The Morgan fingerprint density at radius 1 is 1.38 bits per heavy atom. The second-order valence-corrected chi connectivity index (χ2v) is 6.68. The van der Waals surface area contributed by atoms with Crippen LogP contribution < -0.4 is 4.74 Å². The molecule has 1 atom stereocenters. The van der Waals surface area contributed by atoms with Gasteiger partial charge in [-0.1, -0.05) is 11.8 Å². The molecule has 21 heavy (non-hydrogen) atoms. The summed E-state index contributed by atoms with van der Waals surface area (Å²) in [6, 6.07) is 7.76. The number of thiazole rings is 1. The van der Waals surface area contributed by atoms with Crippen molar-refractivity contribution in [2.45, 2.75) is 5.72 Å². The molecule has 0 fully saturated rings. The summed E-state index contributed by atoms with van der Waals surface area (Å²) in [6.45, 7) is 0. The summed E-state index contributed by atoms with van der Waals surface area (Å²) in [5, 5.41) is 13.6. The SMILES string of the molecule is COc1ccc(-c2nc(C3=NC(O)(CCl)CS3)cs2)cc1. The van der Waals surface area contributed by atoms with E-state index >= 15 is 0 Å². The molecule has 0 aliphatic carbocycles. The molecule has 0 bridgehead atoms. The maximum atomic E-state index is 10.0. The van der Waals surface area contributed by atoms with E-state index in [0.29, 0.717) is 5.75 Å². The molecule has 0 spiro atoms. The van der Waals surface area contributed by atoms with Gasteiger partial charge in [-0.15, -0.1) is 22.9 Å². The second kappa shape index (κ2) is 5.96. The lowest BCUT2D eigenvalue weighted by Crippen LogP contribution is -2.28. The molecule has 0 saturated carbocycles. The van der Waals surface area contributed by atoms with E-state index in [2.05, 4.69) is 9.98 Å². The molecule has 0 saturated heterocycles. The molecule has 2 aromatic rings. The number of methoxy groups -OCH3 is 1. The second-order valence-electron chi connectivity index (χ2n) is 4.59. The van der Waals surface area contributed by atoms with Gasteiger partial charge in [0.1, 0.15) is 21.5 Å². The van der Waals surface area contributed by atoms with Crippen LogP contribution in [0.2, 0.25) is 0 Å². The van der Waals surface area contributed by atoms with Crippen molar-refractivity contribution in [1.82, 2.24) is 4.98 Å². The number of hydrogen-bond donors (Lipinski definition) is 1. The standard InChI is InChI=1S/C14H13ClN2O2S2/c1-19-10-4-2-9(3-5-10)12-16-11(6-20-12)13-17-14(18,7-15)8-21-13/h2-6,18H,7-8H2,1H3. The van der Waals surface area contributed by atoms with Crippen LogP contribution in [0.4, 0.5) is 0 Å². The summed E-state index contributed by atoms with van der Waals surface area (Å²) in [4.78, 5) is 8.86. The van der Waals surface area contributed by atoms with Gasteiger partial charge in [-0.25, -0.2) is 9.98 Å². The zero-order valence-electron chi connectivity index (χ0n) is 11.2. The quantitative estimate of drug-likeness (QED) is 0.868. The number of rotatable bonds is 4. The van der Waals surface area contributed by atoms with Gasteiger partial charge in [0.2, 0.25) is 0 Å². The smallest absolute Gasteiger partial charge is 0.180 e. The van der Waals surface area contributed by atoms with Gasteiger partial charge in [0.05, 0.1) is 18.7 Å². The van der Waals surface area contributed by atoms with Crippen LogP contribution in [0.1, 0.15) is 5.69 Å². The lowest BCUT2D eigenvalue weighted by Gasteiger charge is -2.12. The van der Waals surface area contributed by atoms with E-state index in [1.54, 1.807) is 18.4 Å². The Labute approximate surface area is 135 Å². The largest absolute Gasteiger partial charge is 0.497 e. The first-order valence-electron chi connectivity index (χ1n) is 6.25. The van der Waals surface area contributed by atoms with Crippen molar-refractivity contribution in [2.75, 3.05) is 18.7 Å². The normalized spacial score (nSPS) is 21.4. The van der Waals surface area contributed by atoms with Crippen molar-refractivity contribution >= 4 is 39.7 Å². The molecule has 4 nitrogen and oxygen atoms in total. The van der Waals surface area contributed by atoms with Crippen molar-refractivity contribution in [3.8, 4) is 16.3 Å². The van der Waals surface area contributed by atoms with E-state index in [1.165, 1.54) is 11.8 Å². The molecule has 110 valence electrons. The number of benzene rings is 1. The fourth-order valence-corrected chi connectivity index (χ4v) is 4.05. The van der Waals surface area contributed by atoms with Gasteiger partial charge in [-0.3, -0.25) is 0 Å². The van der Waals surface area contributed by atoms with E-state index in [9.17, 15) is 5.11 Å². The summed E-state index contributed by atoms with van der Waals surface area (Å²) >= 11 is 8.76. The first kappa shape index (κ1) is 14.8. The van der Waals surface area contributed by atoms with Crippen LogP contribution in [0, 0.1) is 0 Å². The van der Waals surface area contributed by atoms with Crippen molar-refractivity contribution in [1.29, 1.82) is 0 Å². The van der Waals surface area contributed by atoms with Gasteiger partial charge >= 0.3 is 0 Å². The van der Waals surface area contributed by atoms with Crippen LogP contribution in [0.25, 0.3) is 10.6 Å². The first-order valence-corrected chi connectivity index (χ1v) is 8.65. The van der Waals surface area contributed by atoms with Crippen molar-refractivity contribution in [3.05, 3.63) is 35.3 Å². The number of alkyl halides is 1. The third kappa shape index (κ3) is 3.08. The van der Waals surface area contributed by atoms with Crippen LogP contribution >= 0.6 is 34.7 Å². The summed E-state index contributed by atoms with van der Waals surface area (Å²) < 4.78 is 5.15. The highest BCUT2D eigenvalue weighted by Crippen LogP contribution is 2.32. The molecule has 1 unspecified atom stereocenters. The lowest BCUT2D eigenvalue weighted by atomic mass is 10.2. The highest BCUT2D eigenvalue weighted by Gasteiger charge is 2.33. The number of aliphatic imine (C=N–C) groups is 1. The zero-order chi connectivity index (χ0) is 14.9. The van der Waals surface area contributed by atoms with E-state index in [-0.39, 0.29) is 5.88 Å². The molecule has 1 N–H and O–H groups in total. The number of aliphatic hydroxyl groups is 1. The summed E-state index contributed by atoms with van der Waals surface area (Å²) in [6.07, 6.45) is 0. The van der Waals surface area contributed by atoms with Gasteiger partial charge < -0.3 is 9.84 Å². The zero-order valence-corrected chi connectivity index (χ0v) is 13.6. The minimum atomic E-state index is -1.16. The Hall–Kier alpha value is -1.08. The summed E-state index contributed by atoms with van der Waals surface area (Å²) in [5.74, 6) is 1.39. The number of halogens is 1. The first-order chi connectivity index (χ1) is 10.1. The van der Waals surface area contributed by atoms with Crippen molar-refractivity contribution < 1.29 is 9.84 Å². The molecule has 0 radical (unpaired) electrons. The predicted molar refractivity (Wildman–Crippen MR) is 88.8 cm³/mol. The van der Waals surface area contributed by atoms with Gasteiger partial charge in [0, 0.05) is 10.9 Å². The number of ether oxygens (including phenoxy) is 1. The lowest BCUT2D eigenvalue weighted by molar-refractivity contribution is 0.103. The van der Waals surface area contributed by atoms with Gasteiger partial charge in [-0.05, 0) is 24.3 Å². The third-order valence-corrected chi connectivity index (χ3v) is 5.52. The molecular formula is C14H13ClN2O2S2. The van der Waals surface area contributed by atoms with Crippen molar-refractivity contribution in [2.24, 2.45) is 4.99 Å². The third-order valence-electron chi connectivity index (χ3n) is 3.02. The van der Waals surface area contributed by atoms with Crippen molar-refractivity contribution in [3.63, 3.8) is 0 Å². The van der Waals surface area contributed by atoms with Crippen LogP contribution in [0.3, 0.4) is 0 Å². The minimum Gasteiger partial charge on any atom is -0.497 e. The Bertz CT molecular complexity index is 672. The van der Waals surface area contributed by atoms with Crippen LogP contribution in [-0.4, -0.2) is 39.6 Å². The van der Waals surface area contributed by atoms with Crippen LogP contribution in [-0.2, 0) is 0 Å². The molecule has 1 aliphatic heterocycles. The van der Waals surface area contributed by atoms with E-state index in [1.807, 2.05) is 29.6 Å². The van der Waals surface area contributed by atoms with Crippen LogP contribution in [0.5, 0.6) is 5.75 Å². The summed E-state index contributed by atoms with van der Waals surface area (Å²) in [5.41, 5.74) is 0.658. The topological polar surface area (TPSA) is 54.7 Å². The Kier molecular flexibility index (Phi) is 4.21. The van der Waals surface area contributed by atoms with Gasteiger partial charge in [-0.2, -0.15) is 0 Å². The maximum absolute atomic E-state index is 10.0. The molecule has 3 rings (SSSR count). The average molecular weight is 341 g/mol. The minimum absolute atomic E-state index is 0.0962. The molecule has 7 heteroatoms. The number of thioether (sulfide) groups is 1. The van der Waals surface area contributed by atoms with E-state index in [0.717, 1.165) is 27.1 Å². The number of aromatic nitrogens is 1. The van der Waals surface area contributed by atoms with E-state index in [4.69, 9.17) is 16.3 Å². The highest BCUT2D eigenvalue weighted by molar-refractivity contribution is 8.14. The fraction of sp³-hybridized carbons (Fsp3) is 0.286. The predicted octanol–water partition coefficient (Wildman–Crippen LogP) is 3.24. The highest BCUT2D eigenvalue weighted by atomic mass is 35.5. The molecule has 0 amide bonds. The molecule has 1 aliphatic rings. The molecular weight excluding hydrogens is 328 g/mol. The summed E-state index contributed by atoms with van der Waals surface area (Å²) in [7, 11) is 1.64. The monoisotopic (exact) mass is 340 g/mol. The average Bonchev–Trinajstić information content (AvgIpc) is 3.15. The Morgan fingerprint density at radius 3 is 2.76 bits per heavy atom. The Balaban J connectivity index is 1.85. The Morgan fingerprint density at radius 2 is 2.14 bits per heavy atom. The number of nitrogens with zero attached hydrogens (tertiary/aromatic N) is 2. The number of hydrogen-bond acceptors (Lipinski definition) is 6.